The van der Waals surface area contributed by atoms with Crippen molar-refractivity contribution in [2.45, 2.75) is 12.2 Å². The fraction of sp³-hybridized carbons (Fsp3) is 0.429. The summed E-state index contributed by atoms with van der Waals surface area (Å²) in [5, 5.41) is 0. The van der Waals surface area contributed by atoms with Gasteiger partial charge in [0.05, 0.1) is 17.1 Å². The summed E-state index contributed by atoms with van der Waals surface area (Å²) >= 11 is 4.78. The van der Waals surface area contributed by atoms with Gasteiger partial charge in [0.1, 0.15) is 0 Å². The lowest BCUT2D eigenvalue weighted by molar-refractivity contribution is 0.589. The van der Waals surface area contributed by atoms with E-state index in [0.29, 0.717) is 17.7 Å². The topological polar surface area (TPSA) is 82.8 Å². The molecule has 14 heavy (non-hydrogen) atoms. The third kappa shape index (κ3) is 1.64. The zero-order chi connectivity index (χ0) is 10.3. The molecule has 0 amide bonds. The molecule has 0 radical (unpaired) electrons. The molecular weight excluding hydrogens is 224 g/mol. The van der Waals surface area contributed by atoms with Gasteiger partial charge in [0, 0.05) is 12.1 Å². The molecule has 76 valence electrons. The van der Waals surface area contributed by atoms with Crippen molar-refractivity contribution >= 4 is 22.1 Å². The lowest BCUT2D eigenvalue weighted by Crippen LogP contribution is -2.28. The van der Waals surface area contributed by atoms with Crippen molar-refractivity contribution in [1.82, 2.24) is 9.97 Å². The van der Waals surface area contributed by atoms with Crippen LogP contribution in [0.15, 0.2) is 4.79 Å². The number of hydrogen-bond acceptors (Lipinski definition) is 4. The summed E-state index contributed by atoms with van der Waals surface area (Å²) in [6, 6.07) is 0. The van der Waals surface area contributed by atoms with Gasteiger partial charge in [-0.25, -0.2) is 8.42 Å². The lowest BCUT2D eigenvalue weighted by atomic mass is 10.2. The molecule has 2 heterocycles. The first-order valence-corrected chi connectivity index (χ1v) is 6.26. The molecule has 0 spiro atoms. The Hall–Kier alpha value is -0.950. The molecule has 1 aliphatic heterocycles. The van der Waals surface area contributed by atoms with Crippen LogP contribution in [-0.4, -0.2) is 24.1 Å². The first-order chi connectivity index (χ1) is 6.48. The first kappa shape index (κ1) is 9.60. The molecule has 0 unspecified atom stereocenters. The average Bonchev–Trinajstić information content (AvgIpc) is 2.06. The summed E-state index contributed by atoms with van der Waals surface area (Å²) in [6.07, 6.45) is 0.339. The highest BCUT2D eigenvalue weighted by Gasteiger charge is 2.23. The maximum Gasteiger partial charge on any atom is 0.256 e. The summed E-state index contributed by atoms with van der Waals surface area (Å²) < 4.78 is 22.8. The van der Waals surface area contributed by atoms with E-state index < -0.39 is 15.4 Å². The second-order valence-electron chi connectivity index (χ2n) is 3.21. The Morgan fingerprint density at radius 3 is 2.71 bits per heavy atom. The molecule has 0 bridgehead atoms. The van der Waals surface area contributed by atoms with Crippen LogP contribution in [0, 0.1) is 4.77 Å². The van der Waals surface area contributed by atoms with E-state index in [1.807, 2.05) is 0 Å². The Kier molecular flexibility index (Phi) is 2.07. The van der Waals surface area contributed by atoms with Crippen molar-refractivity contribution < 1.29 is 8.42 Å². The van der Waals surface area contributed by atoms with E-state index >= 15 is 0 Å². The quantitative estimate of drug-likeness (QED) is 0.612. The predicted molar refractivity (Wildman–Crippen MR) is 53.4 cm³/mol. The smallest absolute Gasteiger partial charge is 0.256 e. The van der Waals surface area contributed by atoms with Crippen molar-refractivity contribution in [3.05, 3.63) is 26.4 Å². The number of hydrogen-bond donors (Lipinski definition) is 2. The van der Waals surface area contributed by atoms with Crippen LogP contribution in [0.25, 0.3) is 0 Å². The summed E-state index contributed by atoms with van der Waals surface area (Å²) in [5.41, 5.74) is 0.547. The Bertz CT molecular complexity index is 582. The number of H-pyrrole nitrogens is 2. The first-order valence-electron chi connectivity index (χ1n) is 4.03. The number of nitrogens with one attached hydrogen (secondary N) is 2. The third-order valence-electron chi connectivity index (χ3n) is 2.16. The minimum absolute atomic E-state index is 0.0781. The van der Waals surface area contributed by atoms with Crippen molar-refractivity contribution in [3.8, 4) is 0 Å². The minimum Gasteiger partial charge on any atom is -0.336 e. The van der Waals surface area contributed by atoms with Crippen LogP contribution < -0.4 is 5.56 Å². The Labute approximate surface area is 85.1 Å². The van der Waals surface area contributed by atoms with Crippen LogP contribution in [0.5, 0.6) is 0 Å². The Balaban J connectivity index is 2.70. The van der Waals surface area contributed by atoms with E-state index in [1.165, 1.54) is 0 Å². The molecule has 1 aromatic heterocycles. The standard InChI is InChI=1S/C7H8N2O3S2/c10-6-4-3-14(11,12)2-1-5(4)8-7(13)9-6/h1-3H2,(H2,8,9,10,13). The summed E-state index contributed by atoms with van der Waals surface area (Å²) in [4.78, 5) is 16.5. The van der Waals surface area contributed by atoms with Crippen LogP contribution in [-0.2, 0) is 22.0 Å². The van der Waals surface area contributed by atoms with Crippen molar-refractivity contribution in [3.63, 3.8) is 0 Å². The molecule has 5 nitrogen and oxygen atoms in total. The van der Waals surface area contributed by atoms with Crippen molar-refractivity contribution in [2.75, 3.05) is 5.75 Å². The fourth-order valence-electron chi connectivity index (χ4n) is 1.48. The number of rotatable bonds is 0. The summed E-state index contributed by atoms with van der Waals surface area (Å²) in [7, 11) is -3.11. The molecule has 0 saturated carbocycles. The van der Waals surface area contributed by atoms with Gasteiger partial charge in [-0.15, -0.1) is 0 Å². The number of aromatic amines is 2. The lowest BCUT2D eigenvalue weighted by Gasteiger charge is -2.14. The number of aromatic nitrogens is 2. The van der Waals surface area contributed by atoms with Crippen LogP contribution in [0.2, 0.25) is 0 Å². The molecule has 0 aromatic carbocycles. The third-order valence-corrected chi connectivity index (χ3v) is 3.92. The van der Waals surface area contributed by atoms with Crippen molar-refractivity contribution in [2.24, 2.45) is 0 Å². The molecule has 1 aromatic rings. The average molecular weight is 232 g/mol. The van der Waals surface area contributed by atoms with Gasteiger partial charge >= 0.3 is 0 Å². The summed E-state index contributed by atoms with van der Waals surface area (Å²) in [6.45, 7) is 0. The van der Waals surface area contributed by atoms with Crippen LogP contribution in [0.3, 0.4) is 0 Å². The molecule has 0 aliphatic carbocycles. The van der Waals surface area contributed by atoms with Gasteiger partial charge in [0.15, 0.2) is 14.6 Å². The van der Waals surface area contributed by atoms with Crippen LogP contribution >= 0.6 is 12.2 Å². The molecule has 0 saturated heterocycles. The number of sulfone groups is 1. The second-order valence-corrected chi connectivity index (χ2v) is 5.80. The van der Waals surface area contributed by atoms with E-state index in [9.17, 15) is 13.2 Å². The maximum absolute atomic E-state index is 11.4. The zero-order valence-electron chi connectivity index (χ0n) is 7.16. The van der Waals surface area contributed by atoms with Gasteiger partial charge in [-0.1, -0.05) is 0 Å². The van der Waals surface area contributed by atoms with Crippen LogP contribution in [0.1, 0.15) is 11.3 Å². The monoisotopic (exact) mass is 232 g/mol. The minimum atomic E-state index is -3.11. The molecule has 1 aliphatic rings. The molecule has 0 atom stereocenters. The van der Waals surface area contributed by atoms with E-state index in [1.54, 1.807) is 0 Å². The molecule has 0 fully saturated rings. The molecule has 7 heteroatoms. The zero-order valence-corrected chi connectivity index (χ0v) is 8.80. The number of fused-ring (bicyclic) bond motifs is 1. The van der Waals surface area contributed by atoms with E-state index in [4.69, 9.17) is 12.2 Å². The van der Waals surface area contributed by atoms with Gasteiger partial charge in [-0.2, -0.15) is 0 Å². The number of aryl methyl sites for hydroxylation is 1. The van der Waals surface area contributed by atoms with Crippen molar-refractivity contribution in [1.29, 1.82) is 0 Å². The molecule has 2 rings (SSSR count). The van der Waals surface area contributed by atoms with E-state index in [0.717, 1.165) is 0 Å². The predicted octanol–water partition coefficient (Wildman–Crippen LogP) is -0.0966. The highest BCUT2D eigenvalue weighted by atomic mass is 32.2. The highest BCUT2D eigenvalue weighted by molar-refractivity contribution is 7.90. The van der Waals surface area contributed by atoms with Gasteiger partial charge in [-0.3, -0.25) is 9.78 Å². The van der Waals surface area contributed by atoms with E-state index in [2.05, 4.69) is 9.97 Å². The van der Waals surface area contributed by atoms with Gasteiger partial charge in [0.2, 0.25) is 0 Å². The second kappa shape index (κ2) is 3.03. The highest BCUT2D eigenvalue weighted by Crippen LogP contribution is 2.14. The largest absolute Gasteiger partial charge is 0.336 e. The fourth-order valence-corrected chi connectivity index (χ4v) is 3.10. The maximum atomic E-state index is 11.4. The van der Waals surface area contributed by atoms with E-state index in [-0.39, 0.29) is 16.3 Å². The SMILES string of the molecule is O=c1[nH]c(=S)[nH]c2c1CS(=O)(=O)CC2. The molecule has 2 N–H and O–H groups in total. The van der Waals surface area contributed by atoms with Gasteiger partial charge in [0.25, 0.3) is 5.56 Å². The Morgan fingerprint density at radius 2 is 2.00 bits per heavy atom. The Morgan fingerprint density at radius 1 is 1.29 bits per heavy atom. The summed E-state index contributed by atoms with van der Waals surface area (Å²) in [5.74, 6) is -0.113. The molecular formula is C7H8N2O3S2. The normalized spacial score (nSPS) is 18.9. The van der Waals surface area contributed by atoms with Gasteiger partial charge < -0.3 is 4.98 Å². The van der Waals surface area contributed by atoms with Gasteiger partial charge in [-0.05, 0) is 12.2 Å². The van der Waals surface area contributed by atoms with Crippen LogP contribution in [0.4, 0.5) is 0 Å².